The number of halogens is 1. The third-order valence-electron chi connectivity index (χ3n) is 4.25. The van der Waals surface area contributed by atoms with Crippen LogP contribution in [0.4, 0.5) is 0 Å². The lowest BCUT2D eigenvalue weighted by Gasteiger charge is -2.18. The van der Waals surface area contributed by atoms with Gasteiger partial charge in [-0.15, -0.1) is 0 Å². The monoisotopic (exact) mass is 402 g/mol. The molecule has 2 aliphatic rings. The molecular formula is C15H19BrN2O4S. The van der Waals surface area contributed by atoms with Gasteiger partial charge in [0.1, 0.15) is 0 Å². The van der Waals surface area contributed by atoms with Gasteiger partial charge in [-0.3, -0.25) is 4.79 Å². The number of hydrogen-bond acceptors (Lipinski definition) is 4. The molecule has 0 spiro atoms. The highest BCUT2D eigenvalue weighted by molar-refractivity contribution is 9.10. The zero-order chi connectivity index (χ0) is 16.4. The minimum absolute atomic E-state index is 0.0522. The molecule has 2 fully saturated rings. The molecule has 0 aromatic heterocycles. The molecule has 0 radical (unpaired) electrons. The Kier molecular flexibility index (Phi) is 5.05. The number of hydrogen-bond donors (Lipinski definition) is 1. The van der Waals surface area contributed by atoms with Gasteiger partial charge in [0.05, 0.1) is 23.5 Å². The molecule has 1 aromatic rings. The van der Waals surface area contributed by atoms with E-state index in [-0.39, 0.29) is 29.3 Å². The fourth-order valence-electron chi connectivity index (χ4n) is 2.92. The summed E-state index contributed by atoms with van der Waals surface area (Å²) >= 11 is 3.28. The third kappa shape index (κ3) is 3.60. The SMILES string of the molecule is O=C(NC1CCOC1)C1CCN(S(=O)(=O)c2ccccc2Br)C1. The Morgan fingerprint density at radius 3 is 2.78 bits per heavy atom. The first-order valence-electron chi connectivity index (χ1n) is 7.61. The molecule has 3 rings (SSSR count). The largest absolute Gasteiger partial charge is 0.379 e. The van der Waals surface area contributed by atoms with Crippen LogP contribution in [0.25, 0.3) is 0 Å². The number of rotatable bonds is 4. The Hall–Kier alpha value is -0.960. The first kappa shape index (κ1) is 16.9. The summed E-state index contributed by atoms with van der Waals surface area (Å²) in [6, 6.07) is 6.79. The van der Waals surface area contributed by atoms with Crippen LogP contribution in [0.5, 0.6) is 0 Å². The molecule has 2 heterocycles. The fourth-order valence-corrected chi connectivity index (χ4v) is 5.38. The minimum Gasteiger partial charge on any atom is -0.379 e. The second-order valence-corrected chi connectivity index (χ2v) is 8.61. The highest BCUT2D eigenvalue weighted by atomic mass is 79.9. The van der Waals surface area contributed by atoms with Gasteiger partial charge in [0, 0.05) is 24.2 Å². The molecule has 0 bridgehead atoms. The molecule has 23 heavy (non-hydrogen) atoms. The van der Waals surface area contributed by atoms with E-state index in [0.717, 1.165) is 6.42 Å². The number of amides is 1. The van der Waals surface area contributed by atoms with E-state index >= 15 is 0 Å². The van der Waals surface area contributed by atoms with Crippen molar-refractivity contribution in [2.24, 2.45) is 5.92 Å². The van der Waals surface area contributed by atoms with Gasteiger partial charge in [-0.25, -0.2) is 8.42 Å². The quantitative estimate of drug-likeness (QED) is 0.824. The lowest BCUT2D eigenvalue weighted by Crippen LogP contribution is -2.40. The average Bonchev–Trinajstić information content (AvgIpc) is 3.19. The number of benzene rings is 1. The predicted octanol–water partition coefficient (Wildman–Crippen LogP) is 1.36. The van der Waals surface area contributed by atoms with Crippen LogP contribution in [0, 0.1) is 5.92 Å². The zero-order valence-electron chi connectivity index (χ0n) is 12.6. The van der Waals surface area contributed by atoms with Gasteiger partial charge in [-0.2, -0.15) is 4.31 Å². The Bertz CT molecular complexity index is 688. The molecule has 1 N–H and O–H groups in total. The first-order chi connectivity index (χ1) is 11.0. The van der Waals surface area contributed by atoms with Crippen molar-refractivity contribution in [3.63, 3.8) is 0 Å². The van der Waals surface area contributed by atoms with Crippen molar-refractivity contribution in [1.29, 1.82) is 0 Å². The van der Waals surface area contributed by atoms with E-state index in [1.54, 1.807) is 24.3 Å². The van der Waals surface area contributed by atoms with Gasteiger partial charge in [0.15, 0.2) is 0 Å². The van der Waals surface area contributed by atoms with Gasteiger partial charge >= 0.3 is 0 Å². The van der Waals surface area contributed by atoms with Gasteiger partial charge in [0.25, 0.3) is 0 Å². The maximum Gasteiger partial charge on any atom is 0.244 e. The van der Waals surface area contributed by atoms with Crippen molar-refractivity contribution in [1.82, 2.24) is 9.62 Å². The Morgan fingerprint density at radius 2 is 2.09 bits per heavy atom. The fraction of sp³-hybridized carbons (Fsp3) is 0.533. The zero-order valence-corrected chi connectivity index (χ0v) is 15.0. The molecule has 1 aromatic carbocycles. The molecule has 0 aliphatic carbocycles. The Labute approximate surface area is 144 Å². The second kappa shape index (κ2) is 6.88. The van der Waals surface area contributed by atoms with Crippen LogP contribution in [0.2, 0.25) is 0 Å². The van der Waals surface area contributed by atoms with Crippen LogP contribution >= 0.6 is 15.9 Å². The molecule has 2 saturated heterocycles. The summed E-state index contributed by atoms with van der Waals surface area (Å²) in [6.45, 7) is 1.79. The predicted molar refractivity (Wildman–Crippen MR) is 88.4 cm³/mol. The average molecular weight is 403 g/mol. The molecule has 6 nitrogen and oxygen atoms in total. The van der Waals surface area contributed by atoms with E-state index in [2.05, 4.69) is 21.2 Å². The van der Waals surface area contributed by atoms with Gasteiger partial charge < -0.3 is 10.1 Å². The van der Waals surface area contributed by atoms with Crippen molar-refractivity contribution < 1.29 is 17.9 Å². The van der Waals surface area contributed by atoms with E-state index in [9.17, 15) is 13.2 Å². The first-order valence-corrected chi connectivity index (χ1v) is 9.84. The summed E-state index contributed by atoms with van der Waals surface area (Å²) in [5.74, 6) is -0.377. The van der Waals surface area contributed by atoms with E-state index in [1.165, 1.54) is 4.31 Å². The second-order valence-electron chi connectivity index (χ2n) is 5.85. The summed E-state index contributed by atoms with van der Waals surface area (Å²) in [5, 5.41) is 2.95. The number of ether oxygens (including phenoxy) is 1. The summed E-state index contributed by atoms with van der Waals surface area (Å²) in [5.41, 5.74) is 0. The van der Waals surface area contributed by atoms with E-state index in [1.807, 2.05) is 0 Å². The summed E-state index contributed by atoms with van der Waals surface area (Å²) in [4.78, 5) is 12.5. The molecule has 2 atom stereocenters. The summed E-state index contributed by atoms with van der Waals surface area (Å²) < 4.78 is 32.6. The van der Waals surface area contributed by atoms with Crippen molar-refractivity contribution in [2.75, 3.05) is 26.3 Å². The number of nitrogens with zero attached hydrogens (tertiary/aromatic N) is 1. The highest BCUT2D eigenvalue weighted by Crippen LogP contribution is 2.29. The van der Waals surface area contributed by atoms with E-state index in [0.29, 0.717) is 30.7 Å². The lowest BCUT2D eigenvalue weighted by atomic mass is 10.1. The molecule has 2 aliphatic heterocycles. The van der Waals surface area contributed by atoms with Crippen LogP contribution in [0.1, 0.15) is 12.8 Å². The molecule has 8 heteroatoms. The van der Waals surface area contributed by atoms with Gasteiger partial charge in [-0.05, 0) is 40.9 Å². The molecule has 1 amide bonds. The van der Waals surface area contributed by atoms with Crippen LogP contribution < -0.4 is 5.32 Å². The van der Waals surface area contributed by atoms with Gasteiger partial charge in [-0.1, -0.05) is 12.1 Å². The topological polar surface area (TPSA) is 75.7 Å². The van der Waals surface area contributed by atoms with Crippen LogP contribution in [0.15, 0.2) is 33.6 Å². The van der Waals surface area contributed by atoms with E-state index in [4.69, 9.17) is 4.74 Å². The smallest absolute Gasteiger partial charge is 0.244 e. The lowest BCUT2D eigenvalue weighted by molar-refractivity contribution is -0.125. The number of nitrogens with one attached hydrogen (secondary N) is 1. The molecule has 126 valence electrons. The van der Waals surface area contributed by atoms with Crippen LogP contribution in [0.3, 0.4) is 0 Å². The van der Waals surface area contributed by atoms with Gasteiger partial charge in [0.2, 0.25) is 15.9 Å². The highest BCUT2D eigenvalue weighted by Gasteiger charge is 2.37. The maximum absolute atomic E-state index is 12.7. The third-order valence-corrected chi connectivity index (χ3v) is 7.13. The molecule has 0 saturated carbocycles. The van der Waals surface area contributed by atoms with Crippen molar-refractivity contribution in [3.05, 3.63) is 28.7 Å². The molecule has 2 unspecified atom stereocenters. The summed E-state index contributed by atoms with van der Waals surface area (Å²) in [7, 11) is -3.58. The Morgan fingerprint density at radius 1 is 1.30 bits per heavy atom. The number of carbonyl (C=O) groups is 1. The van der Waals surface area contributed by atoms with Crippen molar-refractivity contribution in [3.8, 4) is 0 Å². The summed E-state index contributed by atoms with van der Waals surface area (Å²) in [6.07, 6.45) is 1.36. The number of sulfonamides is 1. The number of carbonyl (C=O) groups excluding carboxylic acids is 1. The van der Waals surface area contributed by atoms with Crippen LogP contribution in [-0.2, 0) is 19.6 Å². The minimum atomic E-state index is -3.58. The standard InChI is InChI=1S/C15H19BrN2O4S/c16-13-3-1-2-4-14(13)23(20,21)18-7-5-11(9-18)15(19)17-12-6-8-22-10-12/h1-4,11-12H,5-10H2,(H,17,19). The maximum atomic E-state index is 12.7. The molecular weight excluding hydrogens is 384 g/mol. The van der Waals surface area contributed by atoms with Crippen molar-refractivity contribution in [2.45, 2.75) is 23.8 Å². The van der Waals surface area contributed by atoms with Crippen molar-refractivity contribution >= 4 is 31.9 Å². The Balaban J connectivity index is 1.67. The normalized spacial score (nSPS) is 25.6. The van der Waals surface area contributed by atoms with E-state index < -0.39 is 10.0 Å². The van der Waals surface area contributed by atoms with Crippen LogP contribution in [-0.4, -0.2) is 51.0 Å².